The Balaban J connectivity index is 1.69. The van der Waals surface area contributed by atoms with E-state index in [1.165, 1.54) is 0 Å². The Morgan fingerprint density at radius 2 is 1.53 bits per heavy atom. The first-order valence-electron chi connectivity index (χ1n) is 9.36. The molecule has 0 atom stereocenters. The molecule has 5 rings (SSSR count). The van der Waals surface area contributed by atoms with Gasteiger partial charge in [-0.05, 0) is 60.7 Å². The largest absolute Gasteiger partial charge is 0.315 e. The maximum absolute atomic E-state index is 13.2. The molecule has 0 unspecified atom stereocenters. The molecule has 5 nitrogen and oxygen atoms in total. The van der Waals surface area contributed by atoms with Crippen molar-refractivity contribution in [2.75, 3.05) is 16.5 Å². The zero-order valence-electron chi connectivity index (χ0n) is 15.7. The molecule has 1 aliphatic heterocycles. The van der Waals surface area contributed by atoms with Crippen molar-refractivity contribution in [2.24, 2.45) is 0 Å². The Bertz CT molecular complexity index is 1260. The van der Waals surface area contributed by atoms with Gasteiger partial charge < -0.3 is 14.8 Å². The highest BCUT2D eigenvalue weighted by Crippen LogP contribution is 2.41. The Kier molecular flexibility index (Phi) is 4.81. The Labute approximate surface area is 186 Å². The van der Waals surface area contributed by atoms with Crippen LogP contribution in [0.25, 0.3) is 11.4 Å². The molecule has 0 saturated heterocycles. The van der Waals surface area contributed by atoms with Crippen LogP contribution in [0.15, 0.2) is 88.1 Å². The lowest BCUT2D eigenvalue weighted by atomic mass is 10.2. The van der Waals surface area contributed by atoms with Gasteiger partial charge in [0, 0.05) is 26.4 Å². The molecular formula is C23H16BrClN4O. The lowest BCUT2D eigenvalue weighted by Gasteiger charge is -2.21. The monoisotopic (exact) mass is 478 g/mol. The van der Waals surface area contributed by atoms with Gasteiger partial charge in [0.15, 0.2) is 11.5 Å². The summed E-state index contributed by atoms with van der Waals surface area (Å²) in [6.07, 6.45) is 0. The Morgan fingerprint density at radius 1 is 0.867 bits per heavy atom. The number of aromatic nitrogens is 2. The summed E-state index contributed by atoms with van der Waals surface area (Å²) < 4.78 is 0.992. The fraction of sp³-hybridized carbons (Fsp3) is 0.0435. The minimum Gasteiger partial charge on any atom is -0.315 e. The van der Waals surface area contributed by atoms with Crippen molar-refractivity contribution in [3.63, 3.8) is 0 Å². The molecule has 1 aromatic heterocycles. The molecule has 0 radical (unpaired) electrons. The number of nitrogens with zero attached hydrogens (tertiary/aromatic N) is 3. The van der Waals surface area contributed by atoms with E-state index in [0.717, 1.165) is 21.4 Å². The number of rotatable bonds is 3. The van der Waals surface area contributed by atoms with E-state index in [4.69, 9.17) is 16.6 Å². The zero-order chi connectivity index (χ0) is 20.7. The number of hydrogen-bond donors (Lipinski definition) is 1. The van der Waals surface area contributed by atoms with E-state index >= 15 is 0 Å². The number of hydrogen-bond acceptors (Lipinski definition) is 4. The van der Waals surface area contributed by atoms with Crippen LogP contribution >= 0.6 is 27.5 Å². The fourth-order valence-electron chi connectivity index (χ4n) is 3.55. The number of H-pyrrole nitrogens is 1. The van der Waals surface area contributed by atoms with Crippen LogP contribution in [-0.4, -0.2) is 16.6 Å². The van der Waals surface area contributed by atoms with Crippen molar-refractivity contribution in [2.45, 2.75) is 0 Å². The van der Waals surface area contributed by atoms with Crippen molar-refractivity contribution < 1.29 is 0 Å². The molecule has 0 bridgehead atoms. The number of aromatic amines is 1. The standard InChI is InChI=1S/C23H16BrClN4O/c24-16-8-12-19(13-9-16)29-14-28(18-4-2-1-3-5-18)20-22(29)26-21(27-23(20)30)15-6-10-17(25)11-7-15/h1-13H,14H2,(H,26,27,30). The maximum Gasteiger partial charge on any atom is 0.277 e. The fourth-order valence-corrected chi connectivity index (χ4v) is 3.94. The first-order chi connectivity index (χ1) is 14.6. The molecular weight excluding hydrogens is 464 g/mol. The molecule has 4 aromatic rings. The van der Waals surface area contributed by atoms with E-state index in [9.17, 15) is 4.79 Å². The molecule has 0 spiro atoms. The third kappa shape index (κ3) is 3.38. The van der Waals surface area contributed by atoms with Crippen molar-refractivity contribution in [1.29, 1.82) is 0 Å². The number of anilines is 4. The molecule has 0 fully saturated rings. The number of para-hydroxylation sites is 1. The number of benzene rings is 3. The Morgan fingerprint density at radius 3 is 2.23 bits per heavy atom. The van der Waals surface area contributed by atoms with E-state index < -0.39 is 0 Å². The molecule has 2 heterocycles. The van der Waals surface area contributed by atoms with Crippen LogP contribution in [0, 0.1) is 0 Å². The minimum absolute atomic E-state index is 0.187. The second-order valence-electron chi connectivity index (χ2n) is 6.90. The van der Waals surface area contributed by atoms with E-state index in [2.05, 4.69) is 20.9 Å². The van der Waals surface area contributed by atoms with E-state index in [1.54, 1.807) is 12.1 Å². The van der Waals surface area contributed by atoms with E-state index in [-0.39, 0.29) is 5.56 Å². The summed E-state index contributed by atoms with van der Waals surface area (Å²) in [7, 11) is 0. The van der Waals surface area contributed by atoms with E-state index in [0.29, 0.717) is 29.0 Å². The molecule has 0 saturated carbocycles. The van der Waals surface area contributed by atoms with Gasteiger partial charge in [-0.15, -0.1) is 0 Å². The first kappa shape index (κ1) is 18.9. The number of fused-ring (bicyclic) bond motifs is 1. The van der Waals surface area contributed by atoms with Crippen LogP contribution in [0.5, 0.6) is 0 Å². The summed E-state index contributed by atoms with van der Waals surface area (Å²) in [6, 6.07) is 25.1. The predicted molar refractivity (Wildman–Crippen MR) is 125 cm³/mol. The lowest BCUT2D eigenvalue weighted by Crippen LogP contribution is -2.25. The summed E-state index contributed by atoms with van der Waals surface area (Å²) >= 11 is 9.50. The van der Waals surface area contributed by atoms with Gasteiger partial charge in [-0.3, -0.25) is 4.79 Å². The van der Waals surface area contributed by atoms with Crippen molar-refractivity contribution in [3.05, 3.63) is 98.7 Å². The topological polar surface area (TPSA) is 52.2 Å². The van der Waals surface area contributed by atoms with Crippen molar-refractivity contribution in [3.8, 4) is 11.4 Å². The highest BCUT2D eigenvalue weighted by Gasteiger charge is 2.33. The zero-order valence-corrected chi connectivity index (χ0v) is 18.1. The predicted octanol–water partition coefficient (Wildman–Crippen LogP) is 6.10. The molecule has 0 aliphatic carbocycles. The second kappa shape index (κ2) is 7.63. The third-order valence-corrected chi connectivity index (χ3v) is 5.79. The van der Waals surface area contributed by atoms with Gasteiger partial charge in [-0.25, -0.2) is 4.98 Å². The van der Waals surface area contributed by atoms with Gasteiger partial charge in [-0.1, -0.05) is 45.7 Å². The highest BCUT2D eigenvalue weighted by molar-refractivity contribution is 9.10. The summed E-state index contributed by atoms with van der Waals surface area (Å²) in [5.74, 6) is 1.13. The molecule has 30 heavy (non-hydrogen) atoms. The van der Waals surface area contributed by atoms with Gasteiger partial charge in [0.2, 0.25) is 0 Å². The normalized spacial score (nSPS) is 12.9. The van der Waals surface area contributed by atoms with Gasteiger partial charge in [0.05, 0.1) is 0 Å². The second-order valence-corrected chi connectivity index (χ2v) is 8.26. The van der Waals surface area contributed by atoms with Crippen LogP contribution in [0.1, 0.15) is 0 Å². The summed E-state index contributed by atoms with van der Waals surface area (Å²) in [4.78, 5) is 25.0. The molecule has 3 aromatic carbocycles. The molecule has 7 heteroatoms. The summed E-state index contributed by atoms with van der Waals surface area (Å²) in [6.45, 7) is 0.487. The van der Waals surface area contributed by atoms with Crippen LogP contribution in [0.4, 0.5) is 22.9 Å². The van der Waals surface area contributed by atoms with Gasteiger partial charge in [-0.2, -0.15) is 0 Å². The smallest absolute Gasteiger partial charge is 0.277 e. The quantitative estimate of drug-likeness (QED) is 0.386. The Hall–Kier alpha value is -3.09. The van der Waals surface area contributed by atoms with Crippen LogP contribution in [0.2, 0.25) is 5.02 Å². The van der Waals surface area contributed by atoms with Crippen LogP contribution in [0.3, 0.4) is 0 Å². The van der Waals surface area contributed by atoms with Crippen molar-refractivity contribution >= 4 is 50.4 Å². The molecule has 1 aliphatic rings. The average Bonchev–Trinajstić information content (AvgIpc) is 3.16. The third-order valence-electron chi connectivity index (χ3n) is 5.01. The molecule has 1 N–H and O–H groups in total. The van der Waals surface area contributed by atoms with E-state index in [1.807, 2.05) is 76.5 Å². The summed E-state index contributed by atoms with van der Waals surface area (Å²) in [5, 5.41) is 0.633. The average molecular weight is 480 g/mol. The first-order valence-corrected chi connectivity index (χ1v) is 10.5. The van der Waals surface area contributed by atoms with Gasteiger partial charge in [0.25, 0.3) is 5.56 Å². The number of nitrogens with one attached hydrogen (secondary N) is 1. The van der Waals surface area contributed by atoms with Crippen LogP contribution in [-0.2, 0) is 0 Å². The SMILES string of the molecule is O=c1[nH]c(-c2ccc(Cl)cc2)nc2c1N(c1ccccc1)CN2c1ccc(Br)cc1. The minimum atomic E-state index is -0.187. The number of halogens is 2. The van der Waals surface area contributed by atoms with Crippen LogP contribution < -0.4 is 15.4 Å². The molecule has 148 valence electrons. The highest BCUT2D eigenvalue weighted by atomic mass is 79.9. The maximum atomic E-state index is 13.2. The van der Waals surface area contributed by atoms with Crippen molar-refractivity contribution in [1.82, 2.24) is 9.97 Å². The summed E-state index contributed by atoms with van der Waals surface area (Å²) in [5.41, 5.74) is 3.03. The van der Waals surface area contributed by atoms with Gasteiger partial charge >= 0.3 is 0 Å². The molecule has 0 amide bonds. The lowest BCUT2D eigenvalue weighted by molar-refractivity contribution is 0.980. The van der Waals surface area contributed by atoms with Gasteiger partial charge in [0.1, 0.15) is 12.5 Å².